The molecule has 0 fully saturated rings. The number of para-hydroxylation sites is 2. The third-order valence-electron chi connectivity index (χ3n) is 11.2. The van der Waals surface area contributed by atoms with Crippen LogP contribution in [-0.2, 0) is 0 Å². The molecule has 0 aromatic heterocycles. The van der Waals surface area contributed by atoms with Crippen LogP contribution >= 0.6 is 0 Å². The van der Waals surface area contributed by atoms with Crippen molar-refractivity contribution in [2.45, 2.75) is 0 Å². The maximum absolute atomic E-state index is 2.36. The summed E-state index contributed by atoms with van der Waals surface area (Å²) in [5.41, 5.74) is 13.6. The zero-order valence-corrected chi connectivity index (χ0v) is 33.1. The zero-order chi connectivity index (χ0) is 40.1. The fraction of sp³-hybridized carbons (Fsp3) is 0. The highest BCUT2D eigenvalue weighted by Crippen LogP contribution is 2.43. The summed E-state index contributed by atoms with van der Waals surface area (Å²) in [5.74, 6) is 0. The average Bonchev–Trinajstić information content (AvgIpc) is 3.33. The van der Waals surface area contributed by atoms with Crippen molar-refractivity contribution in [2.24, 2.45) is 0 Å². The van der Waals surface area contributed by atoms with Gasteiger partial charge in [-0.25, -0.2) is 0 Å². The Kier molecular flexibility index (Phi) is 10.0. The van der Waals surface area contributed by atoms with Gasteiger partial charge in [0.25, 0.3) is 0 Å². The summed E-state index contributed by atoms with van der Waals surface area (Å²) in [7, 11) is 0. The molecule has 0 aliphatic carbocycles. The minimum atomic E-state index is 1.09. The number of hydrogen-bond donors (Lipinski definition) is 0. The Hall–Kier alpha value is -7.94. The molecule has 0 saturated carbocycles. The highest BCUT2D eigenvalue weighted by atomic mass is 15.1. The summed E-state index contributed by atoms with van der Waals surface area (Å²) in [6, 6.07) is 91.5. The zero-order valence-electron chi connectivity index (χ0n) is 33.1. The Morgan fingerprint density at radius 2 is 0.500 bits per heavy atom. The fourth-order valence-corrected chi connectivity index (χ4v) is 8.49. The summed E-state index contributed by atoms with van der Waals surface area (Å²) >= 11 is 0. The number of hydrogen-bond acceptors (Lipinski definition) is 2. The predicted molar refractivity (Wildman–Crippen MR) is 255 cm³/mol. The van der Waals surface area contributed by atoms with Crippen LogP contribution < -0.4 is 9.80 Å². The van der Waals surface area contributed by atoms with E-state index in [0.717, 1.165) is 56.4 Å². The van der Waals surface area contributed by atoms with Crippen LogP contribution in [-0.4, -0.2) is 0 Å². The number of nitrogens with zero attached hydrogens (tertiary/aromatic N) is 2. The molecule has 0 N–H and O–H groups in total. The molecule has 10 aromatic rings. The number of benzene rings is 10. The molecule has 60 heavy (non-hydrogen) atoms. The molecular formula is C58H42N2. The average molecular weight is 767 g/mol. The normalized spacial score (nSPS) is 11.6. The van der Waals surface area contributed by atoms with E-state index in [-0.39, 0.29) is 0 Å². The smallest absolute Gasteiger partial charge is 0.0540 e. The van der Waals surface area contributed by atoms with Gasteiger partial charge in [-0.15, -0.1) is 0 Å². The first-order valence-corrected chi connectivity index (χ1v) is 20.5. The Labute approximate surface area is 352 Å². The summed E-state index contributed by atoms with van der Waals surface area (Å²) < 4.78 is 0. The summed E-state index contributed by atoms with van der Waals surface area (Å²) in [5, 5.41) is 4.84. The van der Waals surface area contributed by atoms with E-state index in [1.54, 1.807) is 0 Å². The molecule has 2 heteroatoms. The molecule has 0 radical (unpaired) electrons. The standard InChI is InChI=1S/C58H42N2/c1-5-21-45(22-6-1)57(47-35-39-51(40-36-47)59(49-27-9-3-10-28-49)55-33-17-25-43-19-13-15-31-53(43)55)58(46-23-7-2-8-24-46)48-37-41-52(42-38-48)60(50-29-11-4-12-30-50)56-34-18-26-44-20-14-16-32-54(44)56/h1-42H. The van der Waals surface area contributed by atoms with Gasteiger partial charge in [0.2, 0.25) is 0 Å². The van der Waals surface area contributed by atoms with Gasteiger partial charge in [0, 0.05) is 33.5 Å². The Bertz CT molecular complexity index is 2830. The molecule has 284 valence electrons. The van der Waals surface area contributed by atoms with Crippen LogP contribution in [0, 0.1) is 0 Å². The van der Waals surface area contributed by atoms with Gasteiger partial charge in [0.1, 0.15) is 0 Å². The molecule has 0 atom stereocenters. The van der Waals surface area contributed by atoms with Gasteiger partial charge in [0.05, 0.1) is 11.4 Å². The lowest BCUT2D eigenvalue weighted by molar-refractivity contribution is 1.29. The van der Waals surface area contributed by atoms with Crippen molar-refractivity contribution in [2.75, 3.05) is 9.80 Å². The van der Waals surface area contributed by atoms with Crippen LogP contribution in [0.15, 0.2) is 255 Å². The fourth-order valence-electron chi connectivity index (χ4n) is 8.49. The number of fused-ring (bicyclic) bond motifs is 2. The topological polar surface area (TPSA) is 6.48 Å². The predicted octanol–water partition coefficient (Wildman–Crippen LogP) is 15.9. The molecule has 0 spiro atoms. The molecular weight excluding hydrogens is 725 g/mol. The van der Waals surface area contributed by atoms with Crippen LogP contribution in [0.4, 0.5) is 34.1 Å². The highest BCUT2D eigenvalue weighted by molar-refractivity contribution is 6.06. The van der Waals surface area contributed by atoms with Crippen molar-refractivity contribution < 1.29 is 0 Å². The van der Waals surface area contributed by atoms with Crippen LogP contribution in [0.1, 0.15) is 22.3 Å². The monoisotopic (exact) mass is 766 g/mol. The number of rotatable bonds is 10. The van der Waals surface area contributed by atoms with Gasteiger partial charge in [0.15, 0.2) is 0 Å². The molecule has 0 amide bonds. The third-order valence-corrected chi connectivity index (χ3v) is 11.2. The van der Waals surface area contributed by atoms with E-state index >= 15 is 0 Å². The first kappa shape index (κ1) is 36.4. The Morgan fingerprint density at radius 3 is 0.883 bits per heavy atom. The molecule has 10 rings (SSSR count). The van der Waals surface area contributed by atoms with Crippen molar-refractivity contribution in [3.8, 4) is 0 Å². The first-order valence-electron chi connectivity index (χ1n) is 20.5. The lowest BCUT2D eigenvalue weighted by Crippen LogP contribution is -2.10. The second kappa shape index (κ2) is 16.5. The van der Waals surface area contributed by atoms with E-state index in [2.05, 4.69) is 265 Å². The SMILES string of the molecule is c1ccc(C(=C(c2ccccc2)c2ccc(N(c3ccccc3)c3cccc4ccccc34)cc2)c2ccc(N(c3ccccc3)c3cccc4ccccc34)cc2)cc1. The van der Waals surface area contributed by atoms with Gasteiger partial charge in [-0.2, -0.15) is 0 Å². The van der Waals surface area contributed by atoms with E-state index in [9.17, 15) is 0 Å². The molecule has 0 aliphatic rings. The molecule has 0 heterocycles. The van der Waals surface area contributed by atoms with Gasteiger partial charge in [-0.1, -0.05) is 194 Å². The molecule has 10 aromatic carbocycles. The van der Waals surface area contributed by atoms with Crippen molar-refractivity contribution in [1.29, 1.82) is 0 Å². The molecule has 0 saturated heterocycles. The van der Waals surface area contributed by atoms with E-state index in [0.29, 0.717) is 0 Å². The van der Waals surface area contributed by atoms with Crippen LogP contribution in [0.3, 0.4) is 0 Å². The van der Waals surface area contributed by atoms with Gasteiger partial charge >= 0.3 is 0 Å². The van der Waals surface area contributed by atoms with Gasteiger partial charge in [-0.05, 0) is 105 Å². The lowest BCUT2D eigenvalue weighted by Gasteiger charge is -2.28. The number of anilines is 6. The first-order chi connectivity index (χ1) is 29.8. The Morgan fingerprint density at radius 1 is 0.217 bits per heavy atom. The minimum absolute atomic E-state index is 1.09. The second-order valence-electron chi connectivity index (χ2n) is 14.9. The van der Waals surface area contributed by atoms with E-state index in [4.69, 9.17) is 0 Å². The third kappa shape index (κ3) is 7.12. The van der Waals surface area contributed by atoms with Crippen LogP contribution in [0.2, 0.25) is 0 Å². The summed E-state index contributed by atoms with van der Waals surface area (Å²) in [4.78, 5) is 4.73. The molecule has 0 bridgehead atoms. The van der Waals surface area contributed by atoms with Crippen molar-refractivity contribution in [3.05, 3.63) is 277 Å². The van der Waals surface area contributed by atoms with Crippen molar-refractivity contribution in [1.82, 2.24) is 0 Å². The Balaban J connectivity index is 1.14. The molecule has 0 unspecified atom stereocenters. The van der Waals surface area contributed by atoms with E-state index in [1.807, 2.05) is 0 Å². The quantitative estimate of drug-likeness (QED) is 0.128. The molecule has 2 nitrogen and oxygen atoms in total. The van der Waals surface area contributed by atoms with Gasteiger partial charge in [-0.3, -0.25) is 0 Å². The maximum atomic E-state index is 2.36. The maximum Gasteiger partial charge on any atom is 0.0540 e. The summed E-state index contributed by atoms with van der Waals surface area (Å²) in [6.45, 7) is 0. The highest BCUT2D eigenvalue weighted by Gasteiger charge is 2.20. The minimum Gasteiger partial charge on any atom is -0.310 e. The summed E-state index contributed by atoms with van der Waals surface area (Å²) in [6.07, 6.45) is 0. The second-order valence-corrected chi connectivity index (χ2v) is 14.9. The van der Waals surface area contributed by atoms with E-state index < -0.39 is 0 Å². The van der Waals surface area contributed by atoms with Crippen molar-refractivity contribution >= 4 is 66.8 Å². The van der Waals surface area contributed by atoms with Crippen molar-refractivity contribution in [3.63, 3.8) is 0 Å². The van der Waals surface area contributed by atoms with Crippen LogP contribution in [0.5, 0.6) is 0 Å². The largest absolute Gasteiger partial charge is 0.310 e. The molecule has 0 aliphatic heterocycles. The van der Waals surface area contributed by atoms with E-state index in [1.165, 1.54) is 32.7 Å². The lowest BCUT2D eigenvalue weighted by atomic mass is 9.85. The van der Waals surface area contributed by atoms with Gasteiger partial charge < -0.3 is 9.80 Å². The van der Waals surface area contributed by atoms with Crippen LogP contribution in [0.25, 0.3) is 32.7 Å².